The third kappa shape index (κ3) is 3.10. The van der Waals surface area contributed by atoms with Gasteiger partial charge in [-0.3, -0.25) is 4.79 Å². The van der Waals surface area contributed by atoms with Gasteiger partial charge in [-0.15, -0.1) is 0 Å². The quantitative estimate of drug-likeness (QED) is 0.604. The van der Waals surface area contributed by atoms with Gasteiger partial charge in [-0.25, -0.2) is 9.67 Å². The summed E-state index contributed by atoms with van der Waals surface area (Å²) in [5.41, 5.74) is 1.80. The number of nitrogens with zero attached hydrogens (tertiary/aromatic N) is 4. The zero-order valence-corrected chi connectivity index (χ0v) is 17.7. The molecule has 5 heteroatoms. The molecule has 2 aromatic carbocycles. The molecule has 0 radical (unpaired) electrons. The van der Waals surface area contributed by atoms with Crippen LogP contribution in [0.25, 0.3) is 0 Å². The van der Waals surface area contributed by atoms with Crippen LogP contribution in [0.1, 0.15) is 44.1 Å². The number of hydrogen-bond acceptors (Lipinski definition) is 3. The maximum Gasteiger partial charge on any atom is 0.233 e. The number of anilines is 1. The molecule has 4 aliphatic rings. The number of rotatable bonds is 5. The van der Waals surface area contributed by atoms with Gasteiger partial charge in [-0.1, -0.05) is 48.5 Å². The molecular formula is C26H28N4O. The Balaban J connectivity index is 1.39. The smallest absolute Gasteiger partial charge is 0.233 e. The highest BCUT2D eigenvalue weighted by molar-refractivity contribution is 5.98. The summed E-state index contributed by atoms with van der Waals surface area (Å²) in [6.07, 6.45) is 9.93. The zero-order valence-electron chi connectivity index (χ0n) is 17.7. The topological polar surface area (TPSA) is 51.0 Å². The SMILES string of the molecule is O=C(N(Cc1ccccc1)c1ccccc1)C12CC3CC(C1)CC(n1cncn1)(C3)C2. The lowest BCUT2D eigenvalue weighted by molar-refractivity contribution is -0.153. The fourth-order valence-corrected chi connectivity index (χ4v) is 7.13. The maximum atomic E-state index is 14.4. The second kappa shape index (κ2) is 7.04. The number of aromatic nitrogens is 3. The molecule has 1 aromatic heterocycles. The molecule has 7 rings (SSSR count). The Morgan fingerprint density at radius 1 is 0.968 bits per heavy atom. The molecule has 4 aliphatic carbocycles. The standard InChI is InChI=1S/C26H28N4O/c31-24(29(23-9-5-2-6-10-23)16-20-7-3-1-4-8-20)25-12-21-11-22(13-25)15-26(14-21,17-25)30-19-27-18-28-30/h1-10,18-19,21-22H,11-17H2. The zero-order chi connectivity index (χ0) is 20.9. The molecule has 0 N–H and O–H groups in total. The van der Waals surface area contributed by atoms with Crippen LogP contribution in [0.3, 0.4) is 0 Å². The van der Waals surface area contributed by atoms with Crippen LogP contribution in [0.4, 0.5) is 5.69 Å². The van der Waals surface area contributed by atoms with Crippen molar-refractivity contribution in [3.63, 3.8) is 0 Å². The molecule has 4 saturated carbocycles. The minimum Gasteiger partial charge on any atom is -0.308 e. The van der Waals surface area contributed by atoms with Gasteiger partial charge in [0.25, 0.3) is 0 Å². The number of hydrogen-bond donors (Lipinski definition) is 0. The number of amides is 1. The lowest BCUT2D eigenvalue weighted by atomic mass is 9.46. The highest BCUT2D eigenvalue weighted by Crippen LogP contribution is 2.64. The van der Waals surface area contributed by atoms with Crippen molar-refractivity contribution in [3.8, 4) is 0 Å². The third-order valence-corrected chi connectivity index (χ3v) is 7.89. The van der Waals surface area contributed by atoms with Crippen LogP contribution in [-0.4, -0.2) is 20.7 Å². The van der Waals surface area contributed by atoms with Gasteiger partial charge in [-0.05, 0) is 68.1 Å². The van der Waals surface area contributed by atoms with Crippen LogP contribution in [-0.2, 0) is 16.9 Å². The molecule has 0 saturated heterocycles. The van der Waals surface area contributed by atoms with E-state index in [4.69, 9.17) is 0 Å². The first-order chi connectivity index (χ1) is 15.2. The normalized spacial score (nSPS) is 31.0. The van der Waals surface area contributed by atoms with Gasteiger partial charge in [-0.2, -0.15) is 5.10 Å². The van der Waals surface area contributed by atoms with E-state index in [0.717, 1.165) is 43.4 Å². The monoisotopic (exact) mass is 412 g/mol. The number of benzene rings is 2. The van der Waals surface area contributed by atoms with Crippen molar-refractivity contribution in [2.45, 2.75) is 50.6 Å². The Morgan fingerprint density at radius 2 is 1.65 bits per heavy atom. The van der Waals surface area contributed by atoms with Crippen molar-refractivity contribution in [2.75, 3.05) is 4.90 Å². The van der Waals surface area contributed by atoms with E-state index in [2.05, 4.69) is 39.0 Å². The molecular weight excluding hydrogens is 384 g/mol. The van der Waals surface area contributed by atoms with Crippen LogP contribution in [0.2, 0.25) is 0 Å². The van der Waals surface area contributed by atoms with Gasteiger partial charge in [0.1, 0.15) is 12.7 Å². The summed E-state index contributed by atoms with van der Waals surface area (Å²) in [6.45, 7) is 0.608. The van der Waals surface area contributed by atoms with Crippen LogP contribution in [0, 0.1) is 17.3 Å². The van der Waals surface area contributed by atoms with E-state index in [1.807, 2.05) is 47.6 Å². The predicted octanol–water partition coefficient (Wildman–Crippen LogP) is 4.81. The van der Waals surface area contributed by atoms with Crippen LogP contribution < -0.4 is 4.90 Å². The van der Waals surface area contributed by atoms with Crippen molar-refractivity contribution in [3.05, 3.63) is 78.9 Å². The Morgan fingerprint density at radius 3 is 2.29 bits per heavy atom. The van der Waals surface area contributed by atoms with Crippen LogP contribution in [0.15, 0.2) is 73.3 Å². The Kier molecular flexibility index (Phi) is 4.27. The minimum absolute atomic E-state index is 0.0502. The summed E-state index contributed by atoms with van der Waals surface area (Å²) in [7, 11) is 0. The predicted molar refractivity (Wildman–Crippen MR) is 119 cm³/mol. The summed E-state index contributed by atoms with van der Waals surface area (Å²) in [6, 6.07) is 20.5. The highest BCUT2D eigenvalue weighted by Gasteiger charge is 2.62. The van der Waals surface area contributed by atoms with Crippen molar-refractivity contribution >= 4 is 11.6 Å². The largest absolute Gasteiger partial charge is 0.308 e. The first-order valence-electron chi connectivity index (χ1n) is 11.4. The first kappa shape index (κ1) is 18.8. The summed E-state index contributed by atoms with van der Waals surface area (Å²) in [4.78, 5) is 20.7. The van der Waals surface area contributed by atoms with Crippen molar-refractivity contribution in [2.24, 2.45) is 17.3 Å². The molecule has 1 amide bonds. The van der Waals surface area contributed by atoms with Gasteiger partial charge in [0.05, 0.1) is 17.5 Å². The molecule has 4 bridgehead atoms. The van der Waals surface area contributed by atoms with Gasteiger partial charge in [0.2, 0.25) is 5.91 Å². The summed E-state index contributed by atoms with van der Waals surface area (Å²) in [5, 5.41) is 4.55. The number of carbonyl (C=O) groups is 1. The Labute approximate surface area is 183 Å². The molecule has 31 heavy (non-hydrogen) atoms. The number of carbonyl (C=O) groups excluding carboxylic acids is 1. The average Bonchev–Trinajstić information content (AvgIpc) is 3.34. The van der Waals surface area contributed by atoms with Gasteiger partial charge in [0.15, 0.2) is 0 Å². The highest BCUT2D eigenvalue weighted by atomic mass is 16.2. The second-order valence-corrected chi connectivity index (χ2v) is 10.0. The maximum absolute atomic E-state index is 14.4. The molecule has 5 nitrogen and oxygen atoms in total. The van der Waals surface area contributed by atoms with Crippen LogP contribution in [0.5, 0.6) is 0 Å². The Bertz CT molecular complexity index is 1050. The fraction of sp³-hybridized carbons (Fsp3) is 0.423. The van der Waals surface area contributed by atoms with E-state index in [9.17, 15) is 4.79 Å². The second-order valence-electron chi connectivity index (χ2n) is 10.0. The molecule has 2 atom stereocenters. The molecule has 1 heterocycles. The molecule has 4 fully saturated rings. The van der Waals surface area contributed by atoms with E-state index in [1.165, 1.54) is 6.42 Å². The minimum atomic E-state index is -0.305. The summed E-state index contributed by atoms with van der Waals surface area (Å²) < 4.78 is 2.08. The number of para-hydroxylation sites is 1. The molecule has 158 valence electrons. The van der Waals surface area contributed by atoms with Gasteiger partial charge < -0.3 is 4.90 Å². The van der Waals surface area contributed by atoms with Crippen molar-refractivity contribution < 1.29 is 4.79 Å². The Hall–Kier alpha value is -2.95. The molecule has 0 aliphatic heterocycles. The van der Waals surface area contributed by atoms with E-state index >= 15 is 0 Å². The van der Waals surface area contributed by atoms with E-state index < -0.39 is 0 Å². The van der Waals surface area contributed by atoms with Crippen molar-refractivity contribution in [1.82, 2.24) is 14.8 Å². The van der Waals surface area contributed by atoms with E-state index in [-0.39, 0.29) is 11.0 Å². The molecule has 3 aromatic rings. The summed E-state index contributed by atoms with van der Waals surface area (Å²) >= 11 is 0. The lowest BCUT2D eigenvalue weighted by Crippen LogP contribution is -2.61. The molecule has 0 spiro atoms. The lowest BCUT2D eigenvalue weighted by Gasteiger charge is -2.61. The average molecular weight is 413 g/mol. The summed E-state index contributed by atoms with van der Waals surface area (Å²) in [5.74, 6) is 1.49. The van der Waals surface area contributed by atoms with Gasteiger partial charge >= 0.3 is 0 Å². The van der Waals surface area contributed by atoms with Crippen LogP contribution >= 0.6 is 0 Å². The molecule has 2 unspecified atom stereocenters. The first-order valence-corrected chi connectivity index (χ1v) is 11.4. The van der Waals surface area contributed by atoms with E-state index in [0.29, 0.717) is 24.3 Å². The van der Waals surface area contributed by atoms with Crippen molar-refractivity contribution in [1.29, 1.82) is 0 Å². The van der Waals surface area contributed by atoms with Gasteiger partial charge in [0, 0.05) is 5.69 Å². The third-order valence-electron chi connectivity index (χ3n) is 7.89. The van der Waals surface area contributed by atoms with E-state index in [1.54, 1.807) is 6.33 Å². The fourth-order valence-electron chi connectivity index (χ4n) is 7.13.